The average molecular weight is 729 g/mol. The van der Waals surface area contributed by atoms with Crippen LogP contribution in [-0.2, 0) is 5.41 Å². The number of hydrogen-bond donors (Lipinski definition) is 0. The lowest BCUT2D eigenvalue weighted by Gasteiger charge is -2.27. The standard InChI is InChI=1S/C48H32N4S2/c1-48(2)37-18-9-6-17-35(37)44-38(48)19-12-20-39(44)52(31-13-4-3-5-14-31)47-50-45(29-24-26-42-36(27-29)33-16-8-11-22-41(33)53-42)49-46(51-47)30-23-25-34-32-15-7-10-21-40(32)54-43(34)28-30/h3-28H,1-2H3. The molecule has 256 valence electrons. The molecule has 0 fully saturated rings. The van der Waals surface area contributed by atoms with Gasteiger partial charge in [-0.1, -0.05) is 117 Å². The van der Waals surface area contributed by atoms with Gasteiger partial charge in [-0.2, -0.15) is 9.97 Å². The number of nitrogens with zero attached hydrogens (tertiary/aromatic N) is 4. The van der Waals surface area contributed by atoms with Crippen LogP contribution in [0.3, 0.4) is 0 Å². The summed E-state index contributed by atoms with van der Waals surface area (Å²) in [5.41, 5.74) is 8.85. The van der Waals surface area contributed by atoms with E-state index < -0.39 is 0 Å². The van der Waals surface area contributed by atoms with Crippen LogP contribution in [0.1, 0.15) is 25.0 Å². The minimum absolute atomic E-state index is 0.155. The molecule has 0 atom stereocenters. The molecular weight excluding hydrogens is 697 g/mol. The van der Waals surface area contributed by atoms with Gasteiger partial charge >= 0.3 is 0 Å². The van der Waals surface area contributed by atoms with Crippen molar-refractivity contribution in [2.24, 2.45) is 0 Å². The Hall–Kier alpha value is -6.21. The van der Waals surface area contributed by atoms with Crippen molar-refractivity contribution in [3.05, 3.63) is 169 Å². The molecule has 4 nitrogen and oxygen atoms in total. The molecule has 0 unspecified atom stereocenters. The Balaban J connectivity index is 1.18. The minimum Gasteiger partial charge on any atom is -0.278 e. The monoisotopic (exact) mass is 728 g/mol. The highest BCUT2D eigenvalue weighted by Gasteiger charge is 2.38. The fourth-order valence-corrected chi connectivity index (χ4v) is 10.5. The van der Waals surface area contributed by atoms with E-state index >= 15 is 0 Å². The first-order valence-electron chi connectivity index (χ1n) is 18.2. The summed E-state index contributed by atoms with van der Waals surface area (Å²) in [7, 11) is 0. The lowest BCUT2D eigenvalue weighted by molar-refractivity contribution is 0.660. The van der Waals surface area contributed by atoms with Gasteiger partial charge in [-0.15, -0.1) is 22.7 Å². The number of hydrogen-bond acceptors (Lipinski definition) is 6. The van der Waals surface area contributed by atoms with Crippen molar-refractivity contribution in [2.45, 2.75) is 19.3 Å². The molecule has 3 heterocycles. The van der Waals surface area contributed by atoms with Gasteiger partial charge in [0.25, 0.3) is 0 Å². The molecule has 1 aliphatic rings. The van der Waals surface area contributed by atoms with E-state index in [9.17, 15) is 0 Å². The van der Waals surface area contributed by atoms with E-state index in [2.05, 4.69) is 176 Å². The number of fused-ring (bicyclic) bond motifs is 9. The second-order valence-electron chi connectivity index (χ2n) is 14.4. The fourth-order valence-electron chi connectivity index (χ4n) is 8.31. The maximum absolute atomic E-state index is 5.38. The lowest BCUT2D eigenvalue weighted by Crippen LogP contribution is -2.17. The first-order valence-corrected chi connectivity index (χ1v) is 19.8. The fraction of sp³-hybridized carbons (Fsp3) is 0.0625. The highest BCUT2D eigenvalue weighted by molar-refractivity contribution is 7.26. The number of para-hydroxylation sites is 1. The Morgan fingerprint density at radius 2 is 1.06 bits per heavy atom. The third-order valence-electron chi connectivity index (χ3n) is 10.9. The van der Waals surface area contributed by atoms with Crippen molar-refractivity contribution >= 4 is 80.3 Å². The van der Waals surface area contributed by atoms with Gasteiger partial charge in [-0.25, -0.2) is 4.98 Å². The Labute approximate surface area is 320 Å². The van der Waals surface area contributed by atoms with E-state index in [-0.39, 0.29) is 5.41 Å². The molecule has 0 saturated heterocycles. The van der Waals surface area contributed by atoms with E-state index in [0.717, 1.165) is 22.5 Å². The first kappa shape index (κ1) is 31.3. The van der Waals surface area contributed by atoms with Crippen molar-refractivity contribution in [1.82, 2.24) is 15.0 Å². The topological polar surface area (TPSA) is 41.9 Å². The van der Waals surface area contributed by atoms with Crippen LogP contribution < -0.4 is 4.90 Å². The number of anilines is 3. The maximum Gasteiger partial charge on any atom is 0.238 e. The van der Waals surface area contributed by atoms with Crippen LogP contribution in [0.2, 0.25) is 0 Å². The third-order valence-corrected chi connectivity index (χ3v) is 13.2. The number of thiophene rings is 2. The zero-order valence-corrected chi connectivity index (χ0v) is 31.2. The third kappa shape index (κ3) is 4.77. The van der Waals surface area contributed by atoms with Crippen molar-refractivity contribution in [1.29, 1.82) is 0 Å². The van der Waals surface area contributed by atoms with Crippen LogP contribution in [-0.4, -0.2) is 15.0 Å². The molecule has 0 saturated carbocycles. The van der Waals surface area contributed by atoms with Crippen LogP contribution in [0.15, 0.2) is 158 Å². The van der Waals surface area contributed by atoms with Crippen LogP contribution >= 0.6 is 22.7 Å². The summed E-state index contributed by atoms with van der Waals surface area (Å²) in [5, 5.41) is 4.98. The Morgan fingerprint density at radius 3 is 1.85 bits per heavy atom. The van der Waals surface area contributed by atoms with Gasteiger partial charge in [0.1, 0.15) is 0 Å². The van der Waals surface area contributed by atoms with Crippen molar-refractivity contribution in [2.75, 3.05) is 4.90 Å². The zero-order valence-electron chi connectivity index (χ0n) is 29.6. The summed E-state index contributed by atoms with van der Waals surface area (Å²) in [6.45, 7) is 4.64. The molecule has 0 amide bonds. The normalized spacial score (nSPS) is 13.1. The highest BCUT2D eigenvalue weighted by Crippen LogP contribution is 2.54. The lowest BCUT2D eigenvalue weighted by atomic mass is 9.82. The van der Waals surface area contributed by atoms with Gasteiger partial charge in [0.05, 0.1) is 5.69 Å². The summed E-state index contributed by atoms with van der Waals surface area (Å²) in [5.74, 6) is 1.85. The predicted molar refractivity (Wildman–Crippen MR) is 229 cm³/mol. The highest BCUT2D eigenvalue weighted by atomic mass is 32.1. The molecule has 0 aliphatic heterocycles. The minimum atomic E-state index is -0.155. The molecule has 0 radical (unpaired) electrons. The molecular formula is C48H32N4S2. The molecule has 11 rings (SSSR count). The number of rotatable bonds is 5. The Morgan fingerprint density at radius 1 is 0.463 bits per heavy atom. The van der Waals surface area contributed by atoms with Crippen LogP contribution in [0.5, 0.6) is 0 Å². The van der Waals surface area contributed by atoms with E-state index in [4.69, 9.17) is 15.0 Å². The Kier molecular flexibility index (Phi) is 6.90. The largest absolute Gasteiger partial charge is 0.278 e. The molecule has 1 aliphatic carbocycles. The smallest absolute Gasteiger partial charge is 0.238 e. The Bertz CT molecular complexity index is 3100. The summed E-state index contributed by atoms with van der Waals surface area (Å²) in [6, 6.07) is 56.4. The molecule has 6 heteroatoms. The van der Waals surface area contributed by atoms with E-state index in [1.807, 2.05) is 11.3 Å². The number of aromatic nitrogens is 3. The molecule has 7 aromatic carbocycles. The summed E-state index contributed by atoms with van der Waals surface area (Å²) >= 11 is 3.62. The van der Waals surface area contributed by atoms with Gasteiger partial charge in [0, 0.05) is 68.1 Å². The predicted octanol–water partition coefficient (Wildman–Crippen LogP) is 13.7. The molecule has 0 N–H and O–H groups in total. The van der Waals surface area contributed by atoms with Crippen LogP contribution in [0.25, 0.3) is 74.2 Å². The second kappa shape index (κ2) is 11.9. The van der Waals surface area contributed by atoms with Gasteiger partial charge in [-0.3, -0.25) is 4.90 Å². The molecule has 10 aromatic rings. The molecule has 0 spiro atoms. The summed E-state index contributed by atoms with van der Waals surface area (Å²) in [4.78, 5) is 18.2. The maximum atomic E-state index is 5.38. The van der Waals surface area contributed by atoms with Gasteiger partial charge in [0.2, 0.25) is 5.95 Å². The first-order chi connectivity index (χ1) is 26.5. The van der Waals surface area contributed by atoms with Crippen molar-refractivity contribution in [3.8, 4) is 33.9 Å². The zero-order chi connectivity index (χ0) is 36.0. The van der Waals surface area contributed by atoms with E-state index in [1.54, 1.807) is 11.3 Å². The van der Waals surface area contributed by atoms with E-state index in [1.165, 1.54) is 62.6 Å². The molecule has 0 bridgehead atoms. The van der Waals surface area contributed by atoms with Crippen molar-refractivity contribution in [3.63, 3.8) is 0 Å². The summed E-state index contributed by atoms with van der Waals surface area (Å²) < 4.78 is 5.00. The van der Waals surface area contributed by atoms with E-state index in [0.29, 0.717) is 17.6 Å². The van der Waals surface area contributed by atoms with Gasteiger partial charge in [-0.05, 0) is 71.3 Å². The average Bonchev–Trinajstić information content (AvgIpc) is 3.86. The van der Waals surface area contributed by atoms with Crippen LogP contribution in [0, 0.1) is 0 Å². The molecule has 54 heavy (non-hydrogen) atoms. The second-order valence-corrected chi connectivity index (χ2v) is 16.6. The summed E-state index contributed by atoms with van der Waals surface area (Å²) in [6.07, 6.45) is 0. The van der Waals surface area contributed by atoms with Crippen LogP contribution in [0.4, 0.5) is 17.3 Å². The van der Waals surface area contributed by atoms with Crippen molar-refractivity contribution < 1.29 is 0 Å². The SMILES string of the molecule is CC1(C)c2ccccc2-c2c(N(c3ccccc3)c3nc(-c4ccc5c(c4)sc4ccccc45)nc(-c4ccc5sc6ccccc6c5c4)n3)cccc21. The molecule has 3 aromatic heterocycles. The number of benzene rings is 7. The quantitative estimate of drug-likeness (QED) is 0.177. The van der Waals surface area contributed by atoms with Gasteiger partial charge < -0.3 is 0 Å². The van der Waals surface area contributed by atoms with Gasteiger partial charge in [0.15, 0.2) is 11.6 Å².